The van der Waals surface area contributed by atoms with Gasteiger partial charge >= 0.3 is 0 Å². The van der Waals surface area contributed by atoms with Crippen LogP contribution < -0.4 is 11.1 Å². The molecule has 3 rings (SSSR count). The lowest BCUT2D eigenvalue weighted by Gasteiger charge is -2.36. The van der Waals surface area contributed by atoms with Gasteiger partial charge in [-0.2, -0.15) is 0 Å². The number of carbonyl (C=O) groups excluding carboxylic acids is 1. The van der Waals surface area contributed by atoms with E-state index in [1.165, 1.54) is 0 Å². The van der Waals surface area contributed by atoms with E-state index < -0.39 is 5.54 Å². The summed E-state index contributed by atoms with van der Waals surface area (Å²) in [7, 11) is 0. The van der Waals surface area contributed by atoms with Gasteiger partial charge in [-0.3, -0.25) is 10.1 Å². The van der Waals surface area contributed by atoms with Crippen LogP contribution >= 0.6 is 11.6 Å². The van der Waals surface area contributed by atoms with Gasteiger partial charge in [0.15, 0.2) is 5.78 Å². The molecule has 0 amide bonds. The second-order valence-corrected chi connectivity index (χ2v) is 6.15. The highest BCUT2D eigenvalue weighted by Gasteiger charge is 2.40. The first-order valence-electron chi connectivity index (χ1n) is 7.68. The Morgan fingerprint density at radius 2 is 1.87 bits per heavy atom. The van der Waals surface area contributed by atoms with Gasteiger partial charge in [0.05, 0.1) is 0 Å². The molecule has 0 aliphatic heterocycles. The van der Waals surface area contributed by atoms with Crippen molar-refractivity contribution in [3.8, 4) is 0 Å². The number of nitrogen functional groups attached to an aromatic ring is 1. The normalized spacial score (nSPS) is 20.7. The Morgan fingerprint density at radius 1 is 1.13 bits per heavy atom. The van der Waals surface area contributed by atoms with Crippen LogP contribution in [-0.4, -0.2) is 5.78 Å². The average molecular weight is 327 g/mol. The summed E-state index contributed by atoms with van der Waals surface area (Å²) >= 11 is 6.38. The Labute approximate surface area is 141 Å². The fraction of sp³-hybridized carbons (Fsp3) is 0.211. The minimum absolute atomic E-state index is 0.0337. The first-order valence-corrected chi connectivity index (χ1v) is 8.06. The Bertz CT molecular complexity index is 757. The summed E-state index contributed by atoms with van der Waals surface area (Å²) in [5.41, 5.74) is 7.74. The molecule has 0 spiro atoms. The van der Waals surface area contributed by atoms with Crippen LogP contribution in [0.25, 0.3) is 0 Å². The molecule has 0 saturated heterocycles. The van der Waals surface area contributed by atoms with Crippen molar-refractivity contribution in [3.63, 3.8) is 0 Å². The molecule has 2 aromatic rings. The van der Waals surface area contributed by atoms with Crippen LogP contribution in [0.1, 0.15) is 24.0 Å². The summed E-state index contributed by atoms with van der Waals surface area (Å²) in [6, 6.07) is 15.2. The molecule has 1 aliphatic carbocycles. The number of nitrogens with two attached hydrogens (primary N) is 1. The number of nitrogens with one attached hydrogen (secondary N) is 1. The van der Waals surface area contributed by atoms with E-state index in [1.54, 1.807) is 6.08 Å². The predicted molar refractivity (Wildman–Crippen MR) is 94.2 cm³/mol. The molecule has 23 heavy (non-hydrogen) atoms. The van der Waals surface area contributed by atoms with Crippen molar-refractivity contribution in [2.24, 2.45) is 0 Å². The van der Waals surface area contributed by atoms with Crippen LogP contribution in [0.15, 0.2) is 60.7 Å². The predicted octanol–water partition coefficient (Wildman–Crippen LogP) is 3.83. The average Bonchev–Trinajstić information content (AvgIpc) is 2.56. The molecule has 0 radical (unpaired) electrons. The molecular weight excluding hydrogens is 308 g/mol. The number of benzene rings is 2. The third-order valence-electron chi connectivity index (χ3n) is 4.35. The number of allylic oxidation sites excluding steroid dienone is 1. The number of ketones is 1. The quantitative estimate of drug-likeness (QED) is 0.840. The number of para-hydroxylation sites is 1. The van der Waals surface area contributed by atoms with E-state index in [4.69, 9.17) is 17.3 Å². The number of halogens is 1. The molecule has 4 heteroatoms. The van der Waals surface area contributed by atoms with Crippen LogP contribution in [0.3, 0.4) is 0 Å². The van der Waals surface area contributed by atoms with Crippen LogP contribution in [-0.2, 0) is 16.9 Å². The van der Waals surface area contributed by atoms with Gasteiger partial charge in [0.2, 0.25) is 0 Å². The molecule has 0 aromatic heterocycles. The van der Waals surface area contributed by atoms with E-state index in [-0.39, 0.29) is 5.78 Å². The Balaban J connectivity index is 1.97. The second kappa shape index (κ2) is 6.57. The third-order valence-corrected chi connectivity index (χ3v) is 4.67. The van der Waals surface area contributed by atoms with Gasteiger partial charge < -0.3 is 5.73 Å². The number of hydrogen-bond donors (Lipinski definition) is 2. The van der Waals surface area contributed by atoms with E-state index in [0.717, 1.165) is 17.5 Å². The van der Waals surface area contributed by atoms with Gasteiger partial charge in [0.25, 0.3) is 0 Å². The summed E-state index contributed by atoms with van der Waals surface area (Å²) in [4.78, 5) is 12.7. The van der Waals surface area contributed by atoms with Crippen molar-refractivity contribution in [1.29, 1.82) is 0 Å². The smallest absolute Gasteiger partial charge is 0.179 e. The number of rotatable bonds is 4. The lowest BCUT2D eigenvalue weighted by Crippen LogP contribution is -2.49. The zero-order valence-electron chi connectivity index (χ0n) is 12.8. The SMILES string of the molecule is Nc1ccccc1CNC1(c2ccccc2Cl)CCC=CC1=O. The van der Waals surface area contributed by atoms with Crippen molar-refractivity contribution in [2.45, 2.75) is 24.9 Å². The number of anilines is 1. The molecule has 1 unspecified atom stereocenters. The molecule has 3 N–H and O–H groups in total. The molecule has 1 atom stereocenters. The first kappa shape index (κ1) is 15.8. The van der Waals surface area contributed by atoms with Crippen molar-refractivity contribution in [1.82, 2.24) is 5.32 Å². The van der Waals surface area contributed by atoms with Gasteiger partial charge in [0.1, 0.15) is 5.54 Å². The molecule has 3 nitrogen and oxygen atoms in total. The fourth-order valence-electron chi connectivity index (χ4n) is 3.04. The van der Waals surface area contributed by atoms with E-state index in [9.17, 15) is 4.79 Å². The van der Waals surface area contributed by atoms with Gasteiger partial charge in [-0.25, -0.2) is 0 Å². The summed E-state index contributed by atoms with van der Waals surface area (Å²) in [6.07, 6.45) is 5.07. The molecule has 0 heterocycles. The van der Waals surface area contributed by atoms with Crippen LogP contribution in [0.4, 0.5) is 5.69 Å². The van der Waals surface area contributed by atoms with Crippen molar-refractivity contribution >= 4 is 23.1 Å². The van der Waals surface area contributed by atoms with Crippen LogP contribution in [0.2, 0.25) is 5.02 Å². The van der Waals surface area contributed by atoms with Crippen molar-refractivity contribution < 1.29 is 4.79 Å². The number of carbonyl (C=O) groups is 1. The Hall–Kier alpha value is -2.10. The largest absolute Gasteiger partial charge is 0.398 e. The fourth-order valence-corrected chi connectivity index (χ4v) is 3.34. The van der Waals surface area contributed by atoms with Crippen LogP contribution in [0.5, 0.6) is 0 Å². The van der Waals surface area contributed by atoms with Crippen LogP contribution in [0, 0.1) is 0 Å². The van der Waals surface area contributed by atoms with Gasteiger partial charge in [-0.05, 0) is 42.2 Å². The van der Waals surface area contributed by atoms with Gasteiger partial charge in [0, 0.05) is 17.3 Å². The summed E-state index contributed by atoms with van der Waals surface area (Å²) in [6.45, 7) is 0.511. The highest BCUT2D eigenvalue weighted by atomic mass is 35.5. The summed E-state index contributed by atoms with van der Waals surface area (Å²) in [5.74, 6) is 0.0337. The summed E-state index contributed by atoms with van der Waals surface area (Å²) < 4.78 is 0. The Kier molecular flexibility index (Phi) is 4.51. The van der Waals surface area contributed by atoms with E-state index >= 15 is 0 Å². The molecule has 118 valence electrons. The zero-order chi connectivity index (χ0) is 16.3. The highest BCUT2D eigenvalue weighted by Crippen LogP contribution is 2.36. The first-order chi connectivity index (χ1) is 11.1. The molecule has 0 bridgehead atoms. The minimum atomic E-state index is -0.796. The third kappa shape index (κ3) is 3.03. The topological polar surface area (TPSA) is 55.1 Å². The lowest BCUT2D eigenvalue weighted by atomic mass is 9.78. The van der Waals surface area contributed by atoms with Gasteiger partial charge in [-0.1, -0.05) is 54.1 Å². The minimum Gasteiger partial charge on any atom is -0.398 e. The van der Waals surface area contributed by atoms with E-state index in [0.29, 0.717) is 23.7 Å². The van der Waals surface area contributed by atoms with E-state index in [1.807, 2.05) is 54.6 Å². The monoisotopic (exact) mass is 326 g/mol. The molecule has 2 aromatic carbocycles. The standard InChI is InChI=1S/C19H19ClN2O/c20-16-9-3-2-8-15(16)19(12-6-5-11-18(19)23)22-13-14-7-1-4-10-17(14)21/h1-5,7-11,22H,6,12-13,21H2. The van der Waals surface area contributed by atoms with Gasteiger partial charge in [-0.15, -0.1) is 0 Å². The highest BCUT2D eigenvalue weighted by molar-refractivity contribution is 6.31. The molecule has 1 aliphatic rings. The maximum absolute atomic E-state index is 12.7. The number of hydrogen-bond acceptors (Lipinski definition) is 3. The van der Waals surface area contributed by atoms with Crippen molar-refractivity contribution in [3.05, 3.63) is 76.8 Å². The van der Waals surface area contributed by atoms with E-state index in [2.05, 4.69) is 5.32 Å². The zero-order valence-corrected chi connectivity index (χ0v) is 13.5. The lowest BCUT2D eigenvalue weighted by molar-refractivity contribution is -0.122. The second-order valence-electron chi connectivity index (χ2n) is 5.74. The molecular formula is C19H19ClN2O. The Morgan fingerprint density at radius 3 is 2.61 bits per heavy atom. The summed E-state index contributed by atoms with van der Waals surface area (Å²) in [5, 5.41) is 4.04. The van der Waals surface area contributed by atoms with Crippen molar-refractivity contribution in [2.75, 3.05) is 5.73 Å². The molecule has 0 fully saturated rings. The maximum Gasteiger partial charge on any atom is 0.179 e. The molecule has 0 saturated carbocycles. The maximum atomic E-state index is 12.7.